The van der Waals surface area contributed by atoms with Crippen LogP contribution in [-0.2, 0) is 0 Å². The highest BCUT2D eigenvalue weighted by molar-refractivity contribution is 9.10. The van der Waals surface area contributed by atoms with Gasteiger partial charge in [-0.1, -0.05) is 39.1 Å². The van der Waals surface area contributed by atoms with Gasteiger partial charge in [-0.3, -0.25) is 4.79 Å². The van der Waals surface area contributed by atoms with E-state index < -0.39 is 0 Å². The average molecular weight is 389 g/mol. The Labute approximate surface area is 141 Å². The molecule has 1 aromatic carbocycles. The monoisotopic (exact) mass is 387 g/mol. The van der Waals surface area contributed by atoms with Crippen LogP contribution in [-0.4, -0.2) is 25.0 Å². The predicted molar refractivity (Wildman–Crippen MR) is 90.7 cm³/mol. The minimum Gasteiger partial charge on any atom is -0.376 e. The number of hydrogen-bond donors (Lipinski definition) is 1. The fourth-order valence-corrected chi connectivity index (χ4v) is 2.48. The summed E-state index contributed by atoms with van der Waals surface area (Å²) in [7, 11) is 3.80. The van der Waals surface area contributed by atoms with Crippen LogP contribution in [0.1, 0.15) is 10.4 Å². The van der Waals surface area contributed by atoms with Gasteiger partial charge in [0.15, 0.2) is 0 Å². The summed E-state index contributed by atoms with van der Waals surface area (Å²) < 4.78 is 0.863. The van der Waals surface area contributed by atoms with Crippen molar-refractivity contribution in [1.29, 1.82) is 0 Å². The van der Waals surface area contributed by atoms with Crippen LogP contribution in [0.3, 0.4) is 0 Å². The molecule has 0 atom stereocenters. The lowest BCUT2D eigenvalue weighted by Gasteiger charge is -2.18. The van der Waals surface area contributed by atoms with Crippen molar-refractivity contribution < 1.29 is 4.79 Å². The van der Waals surface area contributed by atoms with E-state index in [0.717, 1.165) is 10.2 Å². The highest BCUT2D eigenvalue weighted by Crippen LogP contribution is 2.29. The molecular weight excluding hydrogens is 377 g/mol. The number of benzene rings is 1. The number of nitrogens with one attached hydrogen (secondary N) is 1. The lowest BCUT2D eigenvalue weighted by Crippen LogP contribution is -2.17. The maximum Gasteiger partial charge on any atom is 0.257 e. The van der Waals surface area contributed by atoms with E-state index >= 15 is 0 Å². The van der Waals surface area contributed by atoms with Crippen molar-refractivity contribution in [2.45, 2.75) is 0 Å². The molecule has 0 saturated heterocycles. The summed E-state index contributed by atoms with van der Waals surface area (Å²) in [6.07, 6.45) is 1.35. The number of rotatable bonds is 3. The summed E-state index contributed by atoms with van der Waals surface area (Å²) in [6, 6.07) is 7.07. The van der Waals surface area contributed by atoms with Gasteiger partial charge in [0, 0.05) is 24.8 Å². The van der Waals surface area contributed by atoms with E-state index in [-0.39, 0.29) is 21.6 Å². The van der Waals surface area contributed by atoms with Crippen molar-refractivity contribution in [2.75, 3.05) is 24.3 Å². The lowest BCUT2D eigenvalue weighted by molar-refractivity contribution is 0.102. The molecule has 7 heteroatoms. The molecule has 2 rings (SSSR count). The van der Waals surface area contributed by atoms with Gasteiger partial charge in [0.1, 0.15) is 5.15 Å². The molecule has 2 aromatic rings. The van der Waals surface area contributed by atoms with Crippen LogP contribution in [0.4, 0.5) is 11.4 Å². The fraction of sp³-hybridized carbons (Fsp3) is 0.143. The first-order valence-electron chi connectivity index (χ1n) is 5.97. The number of aromatic nitrogens is 1. The van der Waals surface area contributed by atoms with Crippen LogP contribution in [0.5, 0.6) is 0 Å². The molecule has 0 saturated carbocycles. The number of carbonyl (C=O) groups is 1. The quantitative estimate of drug-likeness (QED) is 0.789. The summed E-state index contributed by atoms with van der Waals surface area (Å²) in [5.74, 6) is -0.342. The molecule has 21 heavy (non-hydrogen) atoms. The van der Waals surface area contributed by atoms with E-state index in [4.69, 9.17) is 23.2 Å². The Kier molecular flexibility index (Phi) is 5.08. The van der Waals surface area contributed by atoms with Crippen molar-refractivity contribution in [3.05, 3.63) is 50.7 Å². The van der Waals surface area contributed by atoms with Crippen molar-refractivity contribution >= 4 is 56.4 Å². The van der Waals surface area contributed by atoms with Gasteiger partial charge in [-0.05, 0) is 24.3 Å². The van der Waals surface area contributed by atoms with E-state index in [1.807, 2.05) is 37.2 Å². The van der Waals surface area contributed by atoms with E-state index in [2.05, 4.69) is 26.2 Å². The smallest absolute Gasteiger partial charge is 0.257 e. The first kappa shape index (κ1) is 16.1. The van der Waals surface area contributed by atoms with Gasteiger partial charge < -0.3 is 10.2 Å². The van der Waals surface area contributed by atoms with Crippen molar-refractivity contribution in [2.24, 2.45) is 0 Å². The van der Waals surface area contributed by atoms with Gasteiger partial charge in [0.2, 0.25) is 0 Å². The SMILES string of the molecule is CN(C)c1ccc(Br)cc1NC(=O)c1cc(Cl)ncc1Cl. The zero-order valence-corrected chi connectivity index (χ0v) is 14.4. The Bertz CT molecular complexity index is 692. The molecule has 0 bridgehead atoms. The molecule has 1 N–H and O–H groups in total. The summed E-state index contributed by atoms with van der Waals surface area (Å²) in [6.45, 7) is 0. The number of hydrogen-bond acceptors (Lipinski definition) is 3. The van der Waals surface area contributed by atoms with Crippen molar-refractivity contribution in [3.8, 4) is 0 Å². The van der Waals surface area contributed by atoms with Crippen LogP contribution < -0.4 is 10.2 Å². The summed E-state index contributed by atoms with van der Waals surface area (Å²) in [5.41, 5.74) is 1.83. The summed E-state index contributed by atoms with van der Waals surface area (Å²) in [5, 5.41) is 3.30. The highest BCUT2D eigenvalue weighted by atomic mass is 79.9. The van der Waals surface area contributed by atoms with E-state index in [1.165, 1.54) is 12.3 Å². The predicted octanol–water partition coefficient (Wildman–Crippen LogP) is 4.47. The number of nitrogens with zero attached hydrogens (tertiary/aromatic N) is 2. The van der Waals surface area contributed by atoms with Gasteiger partial charge in [0.25, 0.3) is 5.91 Å². The molecule has 0 unspecified atom stereocenters. The van der Waals surface area contributed by atoms with Gasteiger partial charge in [-0.25, -0.2) is 4.98 Å². The van der Waals surface area contributed by atoms with Crippen LogP contribution in [0.2, 0.25) is 10.2 Å². The Morgan fingerprint density at radius 1 is 1.29 bits per heavy atom. The maximum absolute atomic E-state index is 12.4. The first-order valence-corrected chi connectivity index (χ1v) is 7.52. The van der Waals surface area contributed by atoms with Gasteiger partial charge in [-0.15, -0.1) is 0 Å². The number of pyridine rings is 1. The maximum atomic E-state index is 12.4. The fourth-order valence-electron chi connectivity index (χ4n) is 1.78. The van der Waals surface area contributed by atoms with E-state index in [1.54, 1.807) is 0 Å². The first-order chi connectivity index (χ1) is 9.88. The van der Waals surface area contributed by atoms with E-state index in [9.17, 15) is 4.79 Å². The summed E-state index contributed by atoms with van der Waals surface area (Å²) in [4.78, 5) is 18.1. The third-order valence-corrected chi connectivity index (χ3v) is 3.76. The summed E-state index contributed by atoms with van der Waals surface area (Å²) >= 11 is 15.2. The number of halogens is 3. The number of anilines is 2. The highest BCUT2D eigenvalue weighted by Gasteiger charge is 2.14. The second-order valence-corrected chi connectivity index (χ2v) is 6.21. The van der Waals surface area contributed by atoms with Crippen molar-refractivity contribution in [3.63, 3.8) is 0 Å². The van der Waals surface area contributed by atoms with Crippen LogP contribution in [0.25, 0.3) is 0 Å². The molecule has 1 heterocycles. The lowest BCUT2D eigenvalue weighted by atomic mass is 10.2. The molecule has 0 aliphatic carbocycles. The zero-order chi connectivity index (χ0) is 15.6. The van der Waals surface area contributed by atoms with Crippen LogP contribution in [0.15, 0.2) is 34.9 Å². The Morgan fingerprint density at radius 2 is 2.00 bits per heavy atom. The molecule has 0 fully saturated rings. The average Bonchev–Trinajstić information content (AvgIpc) is 2.41. The van der Waals surface area contributed by atoms with Gasteiger partial charge in [-0.2, -0.15) is 0 Å². The van der Waals surface area contributed by atoms with Crippen molar-refractivity contribution in [1.82, 2.24) is 4.98 Å². The largest absolute Gasteiger partial charge is 0.376 e. The zero-order valence-electron chi connectivity index (χ0n) is 11.3. The third kappa shape index (κ3) is 3.87. The topological polar surface area (TPSA) is 45.2 Å². The molecule has 1 amide bonds. The molecule has 1 aromatic heterocycles. The number of amides is 1. The molecule has 0 aliphatic heterocycles. The normalized spacial score (nSPS) is 10.3. The minimum atomic E-state index is -0.342. The standard InChI is InChI=1S/C14H12BrCl2N3O/c1-20(2)12-4-3-8(15)5-11(12)19-14(21)9-6-13(17)18-7-10(9)16/h3-7H,1-2H3,(H,19,21). The van der Waals surface area contributed by atoms with Gasteiger partial charge in [0.05, 0.1) is 22.0 Å². The van der Waals surface area contributed by atoms with Crippen LogP contribution >= 0.6 is 39.1 Å². The number of carbonyl (C=O) groups excluding carboxylic acids is 1. The molecule has 0 aliphatic rings. The molecule has 110 valence electrons. The molecule has 0 radical (unpaired) electrons. The minimum absolute atomic E-state index is 0.214. The Balaban J connectivity index is 2.35. The second-order valence-electron chi connectivity index (χ2n) is 4.50. The Morgan fingerprint density at radius 3 is 2.67 bits per heavy atom. The van der Waals surface area contributed by atoms with Crippen LogP contribution in [0, 0.1) is 0 Å². The molecule has 4 nitrogen and oxygen atoms in total. The molecular formula is C14H12BrCl2N3O. The second kappa shape index (κ2) is 6.64. The molecule has 0 spiro atoms. The van der Waals surface area contributed by atoms with E-state index in [0.29, 0.717) is 5.69 Å². The Hall–Kier alpha value is -1.30. The van der Waals surface area contributed by atoms with Gasteiger partial charge >= 0.3 is 0 Å². The third-order valence-electron chi connectivity index (χ3n) is 2.76.